The molecule has 0 amide bonds. The van der Waals surface area contributed by atoms with Gasteiger partial charge in [0.1, 0.15) is 22.6 Å². The Morgan fingerprint density at radius 2 is 1.62 bits per heavy atom. The molecule has 5 heteroatoms. The molecule has 5 aromatic rings. The van der Waals surface area contributed by atoms with Crippen molar-refractivity contribution in [2.45, 2.75) is 4.90 Å². The summed E-state index contributed by atoms with van der Waals surface area (Å²) in [5.41, 5.74) is 2.52. The first-order valence-corrected chi connectivity index (χ1v) is 11.5. The number of rotatable bonds is 2. The number of hydrogen-bond donors (Lipinski definition) is 0. The monoisotopic (exact) mass is 412 g/mol. The molecule has 0 spiro atoms. The molecular weight excluding hydrogens is 398 g/mol. The van der Waals surface area contributed by atoms with Gasteiger partial charge in [-0.15, -0.1) is 0 Å². The first-order valence-electron chi connectivity index (χ1n) is 9.21. The second-order valence-electron chi connectivity index (χ2n) is 6.99. The number of para-hydroxylation sites is 1. The number of thiophene rings is 1. The first kappa shape index (κ1) is 16.7. The van der Waals surface area contributed by atoms with Gasteiger partial charge in [0.05, 0.1) is 26.7 Å². The minimum atomic E-state index is -3.74. The van der Waals surface area contributed by atoms with Crippen LogP contribution in [0.2, 0.25) is 0 Å². The molecule has 0 radical (unpaired) electrons. The second kappa shape index (κ2) is 5.88. The molecule has 0 atom stereocenters. The molecule has 1 aliphatic rings. The topological polar surface area (TPSA) is 39.1 Å². The molecule has 1 aliphatic carbocycles. The van der Waals surface area contributed by atoms with E-state index in [1.807, 2.05) is 54.6 Å². The fourth-order valence-corrected chi connectivity index (χ4v) is 6.70. The van der Waals surface area contributed by atoms with Crippen LogP contribution in [0.3, 0.4) is 0 Å². The zero-order valence-electron chi connectivity index (χ0n) is 15.2. The highest BCUT2D eigenvalue weighted by atomic mass is 32.2. The average Bonchev–Trinajstić information content (AvgIpc) is 3.28. The van der Waals surface area contributed by atoms with Crippen LogP contribution in [-0.4, -0.2) is 12.4 Å². The van der Waals surface area contributed by atoms with Gasteiger partial charge in [0.2, 0.25) is 0 Å². The Hall–Kier alpha value is -3.24. The molecule has 3 aromatic carbocycles. The van der Waals surface area contributed by atoms with Gasteiger partial charge in [-0.3, -0.25) is 0 Å². The fourth-order valence-electron chi connectivity index (χ4n) is 4.05. The zero-order valence-corrected chi connectivity index (χ0v) is 16.8. The summed E-state index contributed by atoms with van der Waals surface area (Å²) >= 11 is 1.71. The molecular formula is C24H14NO2S2+. The van der Waals surface area contributed by atoms with Crippen molar-refractivity contribution >= 4 is 65.4 Å². The first-order chi connectivity index (χ1) is 14.1. The molecule has 138 valence electrons. The maximum absolute atomic E-state index is 13.6. The maximum atomic E-state index is 13.6. The van der Waals surface area contributed by atoms with Gasteiger partial charge in [-0.1, -0.05) is 47.7 Å². The molecule has 0 aliphatic heterocycles. The Morgan fingerprint density at radius 3 is 2.48 bits per heavy atom. The molecule has 3 nitrogen and oxygen atoms in total. The van der Waals surface area contributed by atoms with Crippen LogP contribution in [0, 0.1) is 6.08 Å². The van der Waals surface area contributed by atoms with Gasteiger partial charge in [0.25, 0.3) is 10.0 Å². The molecule has 0 saturated carbocycles. The minimum Gasteiger partial charge on any atom is -0.233 e. The van der Waals surface area contributed by atoms with Crippen molar-refractivity contribution in [2.75, 3.05) is 0 Å². The van der Waals surface area contributed by atoms with Crippen molar-refractivity contribution < 1.29 is 8.42 Å². The lowest BCUT2D eigenvalue weighted by Crippen LogP contribution is -2.12. The lowest BCUT2D eigenvalue weighted by atomic mass is 10.1. The van der Waals surface area contributed by atoms with E-state index in [1.165, 1.54) is 3.97 Å². The smallest absolute Gasteiger partial charge is 0.233 e. The minimum absolute atomic E-state index is 0.285. The zero-order chi connectivity index (χ0) is 19.6. The number of benzene rings is 3. The van der Waals surface area contributed by atoms with Gasteiger partial charge in [0, 0.05) is 22.2 Å². The van der Waals surface area contributed by atoms with E-state index in [2.05, 4.69) is 12.1 Å². The van der Waals surface area contributed by atoms with Crippen LogP contribution in [0.1, 0.15) is 10.4 Å². The van der Waals surface area contributed by atoms with E-state index in [4.69, 9.17) is 0 Å². The van der Waals surface area contributed by atoms with Crippen LogP contribution >= 0.6 is 11.3 Å². The van der Waals surface area contributed by atoms with E-state index >= 15 is 0 Å². The lowest BCUT2D eigenvalue weighted by molar-refractivity contribution is 0.590. The summed E-state index contributed by atoms with van der Waals surface area (Å²) in [6, 6.07) is 20.4. The second-order valence-corrected chi connectivity index (χ2v) is 9.86. The molecule has 2 heterocycles. The highest BCUT2D eigenvalue weighted by Crippen LogP contribution is 2.41. The van der Waals surface area contributed by atoms with Gasteiger partial charge in [-0.25, -0.2) is 12.4 Å². The van der Waals surface area contributed by atoms with E-state index in [0.717, 1.165) is 31.3 Å². The number of fused-ring (bicyclic) bond motifs is 6. The lowest BCUT2D eigenvalue weighted by Gasteiger charge is -2.09. The fraction of sp³-hybridized carbons (Fsp3) is 0. The van der Waals surface area contributed by atoms with E-state index in [1.54, 1.807) is 35.6 Å². The molecule has 0 fully saturated rings. The van der Waals surface area contributed by atoms with Crippen LogP contribution < -0.4 is 0 Å². The van der Waals surface area contributed by atoms with Crippen molar-refractivity contribution in [3.63, 3.8) is 0 Å². The molecule has 29 heavy (non-hydrogen) atoms. The Balaban J connectivity index is 1.80. The van der Waals surface area contributed by atoms with Crippen LogP contribution in [0.15, 0.2) is 77.7 Å². The number of nitrogens with zero attached hydrogens (tertiary/aromatic N) is 1. The van der Waals surface area contributed by atoms with Crippen molar-refractivity contribution in [2.24, 2.45) is 0 Å². The predicted molar refractivity (Wildman–Crippen MR) is 121 cm³/mol. The SMILES string of the molecule is O=S(=O)(c1ccccc1)n1c2ccccc2c2cc3sc4c(c3cc21)C=C[C+]=C4. The van der Waals surface area contributed by atoms with Crippen LogP contribution in [0.5, 0.6) is 0 Å². The predicted octanol–water partition coefficient (Wildman–Crippen LogP) is 6.09. The van der Waals surface area contributed by atoms with E-state index in [0.29, 0.717) is 11.0 Å². The van der Waals surface area contributed by atoms with Crippen LogP contribution in [0.4, 0.5) is 0 Å². The number of aromatic nitrogens is 1. The third kappa shape index (κ3) is 2.29. The normalized spacial score (nSPS) is 13.2. The van der Waals surface area contributed by atoms with E-state index in [9.17, 15) is 8.42 Å². The van der Waals surface area contributed by atoms with Gasteiger partial charge in [0.15, 0.2) is 0 Å². The molecule has 0 saturated heterocycles. The van der Waals surface area contributed by atoms with Crippen LogP contribution in [0.25, 0.3) is 44.0 Å². The van der Waals surface area contributed by atoms with Crippen molar-refractivity contribution in [1.82, 2.24) is 3.97 Å². The summed E-state index contributed by atoms with van der Waals surface area (Å²) in [6.07, 6.45) is 9.05. The summed E-state index contributed by atoms with van der Waals surface area (Å²) in [4.78, 5) is 1.43. The Bertz CT molecular complexity index is 1600. The Labute approximate surface area is 171 Å². The average molecular weight is 413 g/mol. The molecule has 0 unspecified atom stereocenters. The molecule has 6 rings (SSSR count). The summed E-state index contributed by atoms with van der Waals surface area (Å²) in [7, 11) is -3.74. The summed E-state index contributed by atoms with van der Waals surface area (Å²) in [6.45, 7) is 0. The van der Waals surface area contributed by atoms with Gasteiger partial charge in [-0.2, -0.15) is 0 Å². The van der Waals surface area contributed by atoms with Gasteiger partial charge >= 0.3 is 0 Å². The highest BCUT2D eigenvalue weighted by Gasteiger charge is 2.25. The van der Waals surface area contributed by atoms with Crippen molar-refractivity contribution in [3.8, 4) is 0 Å². The number of hydrogen-bond acceptors (Lipinski definition) is 3. The number of allylic oxidation sites excluding steroid dienone is 2. The van der Waals surface area contributed by atoms with E-state index < -0.39 is 10.0 Å². The van der Waals surface area contributed by atoms with Crippen LogP contribution in [-0.2, 0) is 10.0 Å². The van der Waals surface area contributed by atoms with Crippen molar-refractivity contribution in [1.29, 1.82) is 0 Å². The van der Waals surface area contributed by atoms with E-state index in [-0.39, 0.29) is 4.90 Å². The van der Waals surface area contributed by atoms with Gasteiger partial charge in [-0.05, 0) is 30.3 Å². The maximum Gasteiger partial charge on any atom is 0.268 e. The largest absolute Gasteiger partial charge is 0.268 e. The molecule has 2 aromatic heterocycles. The summed E-state index contributed by atoms with van der Waals surface area (Å²) in [5, 5.41) is 2.95. The highest BCUT2D eigenvalue weighted by molar-refractivity contribution is 7.90. The molecule has 0 bridgehead atoms. The standard InChI is InChI=1S/C24H14NO2S2/c26-29(27,16-8-2-1-3-9-16)25-21-12-6-4-10-17(21)19-15-24-20(14-22(19)25)18-11-5-7-13-23(18)28-24/h1-6,8-15H/q+1. The quantitative estimate of drug-likeness (QED) is 0.329. The van der Waals surface area contributed by atoms with Gasteiger partial charge < -0.3 is 0 Å². The Morgan fingerprint density at radius 1 is 0.828 bits per heavy atom. The Kier molecular flexibility index (Phi) is 3.38. The molecule has 0 N–H and O–H groups in total. The third-order valence-corrected chi connectivity index (χ3v) is 8.20. The summed E-state index contributed by atoms with van der Waals surface area (Å²) in [5.74, 6) is 0. The van der Waals surface area contributed by atoms with Crippen molar-refractivity contribution in [3.05, 3.63) is 89.3 Å². The summed E-state index contributed by atoms with van der Waals surface area (Å²) < 4.78 is 29.9. The third-order valence-electron chi connectivity index (χ3n) is 5.35.